The van der Waals surface area contributed by atoms with Gasteiger partial charge in [0.25, 0.3) is 0 Å². The van der Waals surface area contributed by atoms with Gasteiger partial charge in [-0.05, 0) is 18.2 Å². The van der Waals surface area contributed by atoms with Crippen molar-refractivity contribution >= 4 is 10.9 Å². The predicted octanol–water partition coefficient (Wildman–Crippen LogP) is 2.40. The average Bonchev–Trinajstić information content (AvgIpc) is 2.34. The summed E-state index contributed by atoms with van der Waals surface area (Å²) in [5.41, 5.74) is 0.779. The van der Waals surface area contributed by atoms with Gasteiger partial charge < -0.3 is 4.84 Å². The van der Waals surface area contributed by atoms with E-state index in [1.54, 1.807) is 6.07 Å². The first-order valence-corrected chi connectivity index (χ1v) is 4.85. The lowest BCUT2D eigenvalue weighted by Gasteiger charge is -2.03. The number of benzene rings is 1. The van der Waals surface area contributed by atoms with E-state index in [0.717, 1.165) is 0 Å². The summed E-state index contributed by atoms with van der Waals surface area (Å²) in [6.45, 7) is 0. The standard InChI is InChI=1S/C12H7F3N2O/c13-12(14,15)5-3-8-1-2-10-9(7-8)11(18-16)4-6-17-10/h1-2,4,6-7H,16H2. The molecule has 0 saturated carbocycles. The van der Waals surface area contributed by atoms with E-state index < -0.39 is 6.18 Å². The smallest absolute Gasteiger partial charge is 0.411 e. The number of nitrogens with zero attached hydrogens (tertiary/aromatic N) is 1. The second-order valence-corrected chi connectivity index (χ2v) is 3.41. The Hall–Kier alpha value is -2.26. The van der Waals surface area contributed by atoms with E-state index in [9.17, 15) is 13.2 Å². The zero-order valence-corrected chi connectivity index (χ0v) is 8.95. The first kappa shape index (κ1) is 12.2. The van der Waals surface area contributed by atoms with Gasteiger partial charge in [-0.15, -0.1) is 0 Å². The topological polar surface area (TPSA) is 48.1 Å². The third kappa shape index (κ3) is 2.70. The molecule has 0 saturated heterocycles. The van der Waals surface area contributed by atoms with Gasteiger partial charge in [-0.1, -0.05) is 5.92 Å². The van der Waals surface area contributed by atoms with Gasteiger partial charge in [0.05, 0.1) is 5.52 Å². The lowest BCUT2D eigenvalue weighted by atomic mass is 10.1. The molecule has 0 unspecified atom stereocenters. The molecule has 1 heterocycles. The van der Waals surface area contributed by atoms with Gasteiger partial charge in [-0.25, -0.2) is 0 Å². The number of pyridine rings is 1. The van der Waals surface area contributed by atoms with Gasteiger partial charge in [0, 0.05) is 29.1 Å². The first-order valence-electron chi connectivity index (χ1n) is 4.85. The third-order valence-corrected chi connectivity index (χ3v) is 2.18. The van der Waals surface area contributed by atoms with Crippen molar-refractivity contribution in [1.82, 2.24) is 4.98 Å². The fourth-order valence-electron chi connectivity index (χ4n) is 1.44. The van der Waals surface area contributed by atoms with Crippen LogP contribution >= 0.6 is 0 Å². The zero-order chi connectivity index (χ0) is 13.2. The van der Waals surface area contributed by atoms with Crippen molar-refractivity contribution in [3.05, 3.63) is 36.0 Å². The van der Waals surface area contributed by atoms with E-state index in [2.05, 4.69) is 9.82 Å². The Bertz CT molecular complexity index is 641. The molecule has 1 aromatic carbocycles. The normalized spacial score (nSPS) is 10.9. The Labute approximate surface area is 100 Å². The summed E-state index contributed by atoms with van der Waals surface area (Å²) in [5.74, 6) is 8.62. The molecule has 2 rings (SSSR count). The fourth-order valence-corrected chi connectivity index (χ4v) is 1.44. The van der Waals surface area contributed by atoms with Crippen molar-refractivity contribution in [2.45, 2.75) is 6.18 Å². The van der Waals surface area contributed by atoms with E-state index in [-0.39, 0.29) is 5.56 Å². The Balaban J connectivity index is 2.52. The van der Waals surface area contributed by atoms with Gasteiger partial charge in [0.1, 0.15) is 0 Å². The van der Waals surface area contributed by atoms with E-state index in [4.69, 9.17) is 5.90 Å². The van der Waals surface area contributed by atoms with Crippen molar-refractivity contribution in [1.29, 1.82) is 0 Å². The van der Waals surface area contributed by atoms with Crippen molar-refractivity contribution in [2.24, 2.45) is 5.90 Å². The van der Waals surface area contributed by atoms with Crippen LogP contribution in [0, 0.1) is 11.8 Å². The third-order valence-electron chi connectivity index (χ3n) is 2.18. The Kier molecular flexibility index (Phi) is 3.08. The molecule has 0 fully saturated rings. The number of halogens is 3. The van der Waals surface area contributed by atoms with Crippen LogP contribution in [0.25, 0.3) is 10.9 Å². The van der Waals surface area contributed by atoms with Crippen molar-refractivity contribution in [2.75, 3.05) is 0 Å². The molecule has 6 heteroatoms. The van der Waals surface area contributed by atoms with Gasteiger partial charge in [0.2, 0.25) is 0 Å². The SMILES string of the molecule is NOc1ccnc2ccc(C#CC(F)(F)F)cc12. The highest BCUT2D eigenvalue weighted by molar-refractivity contribution is 5.86. The fraction of sp³-hybridized carbons (Fsp3) is 0.0833. The molecule has 18 heavy (non-hydrogen) atoms. The molecule has 0 aliphatic carbocycles. The van der Waals surface area contributed by atoms with E-state index in [1.165, 1.54) is 30.3 Å². The second-order valence-electron chi connectivity index (χ2n) is 3.41. The molecular weight excluding hydrogens is 245 g/mol. The molecule has 0 aliphatic rings. The molecule has 0 bridgehead atoms. The summed E-state index contributed by atoms with van der Waals surface area (Å²) >= 11 is 0. The first-order chi connectivity index (χ1) is 8.49. The summed E-state index contributed by atoms with van der Waals surface area (Å²) in [6, 6.07) is 5.97. The second kappa shape index (κ2) is 4.55. The molecule has 2 N–H and O–H groups in total. The van der Waals surface area contributed by atoms with Gasteiger partial charge >= 0.3 is 6.18 Å². The Morgan fingerprint density at radius 2 is 2.00 bits per heavy atom. The predicted molar refractivity (Wildman–Crippen MR) is 59.5 cm³/mol. The van der Waals surface area contributed by atoms with Crippen LogP contribution in [0.2, 0.25) is 0 Å². The summed E-state index contributed by atoms with van der Waals surface area (Å²) < 4.78 is 35.9. The largest absolute Gasteiger partial charge is 0.458 e. The van der Waals surface area contributed by atoms with Crippen LogP contribution in [0.4, 0.5) is 13.2 Å². The average molecular weight is 252 g/mol. The minimum atomic E-state index is -4.52. The van der Waals surface area contributed by atoms with E-state index >= 15 is 0 Å². The molecule has 0 aliphatic heterocycles. The molecule has 92 valence electrons. The monoisotopic (exact) mass is 252 g/mol. The highest BCUT2D eigenvalue weighted by atomic mass is 19.4. The lowest BCUT2D eigenvalue weighted by Crippen LogP contribution is -2.03. The summed E-state index contributed by atoms with van der Waals surface area (Å²) in [4.78, 5) is 8.65. The summed E-state index contributed by atoms with van der Waals surface area (Å²) in [6.07, 6.45) is -3.03. The number of aromatic nitrogens is 1. The van der Waals surface area contributed by atoms with Crippen LogP contribution in [0.5, 0.6) is 5.75 Å². The van der Waals surface area contributed by atoms with Crippen LogP contribution in [-0.2, 0) is 0 Å². The van der Waals surface area contributed by atoms with Crippen molar-refractivity contribution in [3.8, 4) is 17.6 Å². The quantitative estimate of drug-likeness (QED) is 0.626. The van der Waals surface area contributed by atoms with Crippen LogP contribution in [0.1, 0.15) is 5.56 Å². The number of hydrogen-bond donors (Lipinski definition) is 1. The maximum Gasteiger partial charge on any atom is 0.458 e. The highest BCUT2D eigenvalue weighted by Gasteiger charge is 2.22. The molecular formula is C12H7F3N2O. The molecule has 1 aromatic heterocycles. The number of fused-ring (bicyclic) bond motifs is 1. The minimum absolute atomic E-state index is 0.214. The van der Waals surface area contributed by atoms with E-state index in [0.29, 0.717) is 16.7 Å². The van der Waals surface area contributed by atoms with Crippen LogP contribution in [0.15, 0.2) is 30.5 Å². The number of nitrogens with two attached hydrogens (primary N) is 1. The molecule has 0 amide bonds. The summed E-state index contributed by atoms with van der Waals surface area (Å²) in [7, 11) is 0. The molecule has 0 atom stereocenters. The van der Waals surface area contributed by atoms with Gasteiger partial charge in [-0.2, -0.15) is 19.1 Å². The van der Waals surface area contributed by atoms with Crippen LogP contribution in [0.3, 0.4) is 0 Å². The maximum absolute atomic E-state index is 12.0. The van der Waals surface area contributed by atoms with Crippen LogP contribution < -0.4 is 10.7 Å². The Morgan fingerprint density at radius 1 is 1.22 bits per heavy atom. The van der Waals surface area contributed by atoms with Gasteiger partial charge in [-0.3, -0.25) is 4.98 Å². The Morgan fingerprint density at radius 3 is 2.67 bits per heavy atom. The highest BCUT2D eigenvalue weighted by Crippen LogP contribution is 2.24. The van der Waals surface area contributed by atoms with Crippen LogP contribution in [-0.4, -0.2) is 11.2 Å². The van der Waals surface area contributed by atoms with Crippen molar-refractivity contribution < 1.29 is 18.0 Å². The number of rotatable bonds is 1. The zero-order valence-electron chi connectivity index (χ0n) is 8.95. The van der Waals surface area contributed by atoms with Crippen molar-refractivity contribution in [3.63, 3.8) is 0 Å². The minimum Gasteiger partial charge on any atom is -0.411 e. The lowest BCUT2D eigenvalue weighted by molar-refractivity contribution is -0.0696. The molecule has 0 radical (unpaired) electrons. The number of hydrogen-bond acceptors (Lipinski definition) is 3. The summed E-state index contributed by atoms with van der Waals surface area (Å²) in [5, 5.41) is 0.508. The maximum atomic E-state index is 12.0. The molecule has 0 spiro atoms. The number of alkyl halides is 3. The molecule has 2 aromatic rings. The van der Waals surface area contributed by atoms with E-state index in [1.807, 2.05) is 5.92 Å². The molecule has 3 nitrogen and oxygen atoms in total. The van der Waals surface area contributed by atoms with Gasteiger partial charge in [0.15, 0.2) is 5.75 Å².